The number of anilines is 1. The van der Waals surface area contributed by atoms with Crippen LogP contribution in [-0.4, -0.2) is 7.05 Å². The van der Waals surface area contributed by atoms with Gasteiger partial charge in [-0.1, -0.05) is 30.3 Å². The summed E-state index contributed by atoms with van der Waals surface area (Å²) in [4.78, 5) is 2.26. The minimum Gasteiger partial charge on any atom is -0.370 e. The molecule has 0 spiro atoms. The molecule has 1 aromatic heterocycles. The third-order valence-corrected chi connectivity index (χ3v) is 2.88. The Morgan fingerprint density at radius 1 is 1.14 bits per heavy atom. The van der Waals surface area contributed by atoms with Gasteiger partial charge in [-0.2, -0.15) is 11.3 Å². The lowest BCUT2D eigenvalue weighted by Gasteiger charge is -2.17. The number of nitrogens with zero attached hydrogens (tertiary/aromatic N) is 1. The largest absolute Gasteiger partial charge is 0.370 e. The normalized spacial score (nSPS) is 10.1. The molecular weight excluding hydrogens is 190 g/mol. The van der Waals surface area contributed by atoms with Gasteiger partial charge < -0.3 is 4.90 Å². The molecule has 0 amide bonds. The Morgan fingerprint density at radius 2 is 1.93 bits per heavy atom. The minimum atomic E-state index is 0.970. The van der Waals surface area contributed by atoms with E-state index in [1.165, 1.54) is 11.3 Å². The van der Waals surface area contributed by atoms with Crippen LogP contribution in [0.25, 0.3) is 0 Å². The van der Waals surface area contributed by atoms with Crippen LogP contribution in [0.15, 0.2) is 47.2 Å². The van der Waals surface area contributed by atoms with E-state index < -0.39 is 0 Å². The topological polar surface area (TPSA) is 3.24 Å². The molecule has 1 heterocycles. The van der Waals surface area contributed by atoms with E-state index in [4.69, 9.17) is 0 Å². The molecule has 72 valence electrons. The van der Waals surface area contributed by atoms with Crippen LogP contribution in [0.4, 0.5) is 5.69 Å². The molecule has 0 N–H and O–H groups in total. The summed E-state index contributed by atoms with van der Waals surface area (Å²) in [6, 6.07) is 12.7. The molecular formula is C12H13NS. The van der Waals surface area contributed by atoms with Gasteiger partial charge in [0.15, 0.2) is 0 Å². The summed E-state index contributed by atoms with van der Waals surface area (Å²) in [5.74, 6) is 0. The Hall–Kier alpha value is -1.28. The molecule has 0 atom stereocenters. The first kappa shape index (κ1) is 9.28. The van der Waals surface area contributed by atoms with Gasteiger partial charge in [0.1, 0.15) is 0 Å². The van der Waals surface area contributed by atoms with Crippen LogP contribution < -0.4 is 4.90 Å². The van der Waals surface area contributed by atoms with Gasteiger partial charge in [0.25, 0.3) is 0 Å². The van der Waals surface area contributed by atoms with Crippen molar-refractivity contribution in [2.24, 2.45) is 0 Å². The molecule has 0 bridgehead atoms. The fourth-order valence-corrected chi connectivity index (χ4v) is 2.12. The first-order valence-electron chi connectivity index (χ1n) is 4.63. The fraction of sp³-hybridized carbons (Fsp3) is 0.167. The molecule has 0 saturated heterocycles. The highest BCUT2D eigenvalue weighted by Gasteiger charge is 2.00. The van der Waals surface area contributed by atoms with E-state index in [0.717, 1.165) is 6.54 Å². The highest BCUT2D eigenvalue weighted by molar-refractivity contribution is 7.08. The van der Waals surface area contributed by atoms with E-state index in [1.54, 1.807) is 11.3 Å². The maximum Gasteiger partial charge on any atom is 0.0475 e. The van der Waals surface area contributed by atoms with Crippen molar-refractivity contribution in [1.29, 1.82) is 0 Å². The van der Waals surface area contributed by atoms with Gasteiger partial charge in [0, 0.05) is 24.7 Å². The predicted octanol–water partition coefficient (Wildman–Crippen LogP) is 3.38. The number of hydrogen-bond donors (Lipinski definition) is 0. The molecule has 0 saturated carbocycles. The van der Waals surface area contributed by atoms with Crippen molar-refractivity contribution >= 4 is 17.0 Å². The summed E-state index contributed by atoms with van der Waals surface area (Å²) < 4.78 is 0. The Balaban J connectivity index is 2.06. The Bertz CT molecular complexity index is 366. The second-order valence-electron chi connectivity index (χ2n) is 3.32. The van der Waals surface area contributed by atoms with Crippen molar-refractivity contribution in [3.63, 3.8) is 0 Å². The fourth-order valence-electron chi connectivity index (χ4n) is 1.42. The molecule has 14 heavy (non-hydrogen) atoms. The van der Waals surface area contributed by atoms with Crippen LogP contribution >= 0.6 is 11.3 Å². The number of thiophene rings is 1. The molecule has 0 unspecified atom stereocenters. The van der Waals surface area contributed by atoms with Crippen molar-refractivity contribution in [3.05, 3.63) is 52.7 Å². The zero-order valence-electron chi connectivity index (χ0n) is 8.18. The molecule has 0 fully saturated rings. The molecule has 2 aromatic rings. The standard InChI is InChI=1S/C12H13NS/c1-13(12-7-8-14-10-12)9-11-5-3-2-4-6-11/h2-8,10H,9H2,1H3. The molecule has 0 aliphatic rings. The number of rotatable bonds is 3. The minimum absolute atomic E-state index is 0.970. The van der Waals surface area contributed by atoms with Gasteiger partial charge in [-0.25, -0.2) is 0 Å². The first-order chi connectivity index (χ1) is 6.86. The predicted molar refractivity (Wildman–Crippen MR) is 62.9 cm³/mol. The summed E-state index contributed by atoms with van der Waals surface area (Å²) >= 11 is 1.74. The van der Waals surface area contributed by atoms with E-state index >= 15 is 0 Å². The van der Waals surface area contributed by atoms with Crippen molar-refractivity contribution in [3.8, 4) is 0 Å². The molecule has 0 aliphatic heterocycles. The summed E-state index contributed by atoms with van der Waals surface area (Å²) in [5.41, 5.74) is 2.64. The molecule has 1 aromatic carbocycles. The van der Waals surface area contributed by atoms with Crippen LogP contribution in [0, 0.1) is 0 Å². The summed E-state index contributed by atoms with van der Waals surface area (Å²) in [5, 5.41) is 4.28. The van der Waals surface area contributed by atoms with Crippen LogP contribution in [0.5, 0.6) is 0 Å². The zero-order valence-corrected chi connectivity index (χ0v) is 9.00. The SMILES string of the molecule is CN(Cc1ccccc1)c1ccsc1. The highest BCUT2D eigenvalue weighted by atomic mass is 32.1. The first-order valence-corrected chi connectivity index (χ1v) is 5.58. The molecule has 0 radical (unpaired) electrons. The highest BCUT2D eigenvalue weighted by Crippen LogP contribution is 2.18. The lowest BCUT2D eigenvalue weighted by atomic mass is 10.2. The second kappa shape index (κ2) is 4.29. The maximum absolute atomic E-state index is 2.26. The van der Waals surface area contributed by atoms with Crippen molar-refractivity contribution in [1.82, 2.24) is 0 Å². The Labute approximate surface area is 88.6 Å². The third kappa shape index (κ3) is 2.15. The van der Waals surface area contributed by atoms with E-state index in [1.807, 2.05) is 6.07 Å². The van der Waals surface area contributed by atoms with E-state index in [2.05, 4.69) is 53.0 Å². The smallest absolute Gasteiger partial charge is 0.0475 e. The number of hydrogen-bond acceptors (Lipinski definition) is 2. The summed E-state index contributed by atoms with van der Waals surface area (Å²) in [7, 11) is 2.12. The Morgan fingerprint density at radius 3 is 2.57 bits per heavy atom. The van der Waals surface area contributed by atoms with E-state index in [0.29, 0.717) is 0 Å². The van der Waals surface area contributed by atoms with Crippen LogP contribution in [0.1, 0.15) is 5.56 Å². The van der Waals surface area contributed by atoms with Crippen molar-refractivity contribution in [2.45, 2.75) is 6.54 Å². The van der Waals surface area contributed by atoms with Gasteiger partial charge in [-0.15, -0.1) is 0 Å². The lowest BCUT2D eigenvalue weighted by molar-refractivity contribution is 0.926. The van der Waals surface area contributed by atoms with Gasteiger partial charge in [0.05, 0.1) is 0 Å². The van der Waals surface area contributed by atoms with E-state index in [-0.39, 0.29) is 0 Å². The molecule has 0 aliphatic carbocycles. The molecule has 2 rings (SSSR count). The zero-order chi connectivity index (χ0) is 9.80. The van der Waals surface area contributed by atoms with Crippen molar-refractivity contribution in [2.75, 3.05) is 11.9 Å². The van der Waals surface area contributed by atoms with Gasteiger partial charge in [0.2, 0.25) is 0 Å². The van der Waals surface area contributed by atoms with Gasteiger partial charge in [-0.3, -0.25) is 0 Å². The summed E-state index contributed by atoms with van der Waals surface area (Å²) in [6.07, 6.45) is 0. The van der Waals surface area contributed by atoms with Crippen LogP contribution in [0.3, 0.4) is 0 Å². The van der Waals surface area contributed by atoms with Crippen molar-refractivity contribution < 1.29 is 0 Å². The molecule has 1 nitrogen and oxygen atoms in total. The Kier molecular flexibility index (Phi) is 2.84. The summed E-state index contributed by atoms with van der Waals surface area (Å²) in [6.45, 7) is 0.970. The quantitative estimate of drug-likeness (QED) is 0.739. The molecule has 2 heteroatoms. The number of benzene rings is 1. The van der Waals surface area contributed by atoms with E-state index in [9.17, 15) is 0 Å². The lowest BCUT2D eigenvalue weighted by Crippen LogP contribution is -2.15. The van der Waals surface area contributed by atoms with Gasteiger partial charge in [-0.05, 0) is 17.0 Å². The monoisotopic (exact) mass is 203 g/mol. The maximum atomic E-state index is 2.26. The third-order valence-electron chi connectivity index (χ3n) is 2.21. The second-order valence-corrected chi connectivity index (χ2v) is 4.10. The van der Waals surface area contributed by atoms with Gasteiger partial charge >= 0.3 is 0 Å². The average molecular weight is 203 g/mol. The van der Waals surface area contributed by atoms with Crippen LogP contribution in [0.2, 0.25) is 0 Å². The average Bonchev–Trinajstić information content (AvgIpc) is 2.72. The van der Waals surface area contributed by atoms with Crippen LogP contribution in [-0.2, 0) is 6.54 Å².